The molecule has 0 amide bonds. The molecule has 0 spiro atoms. The highest BCUT2D eigenvalue weighted by atomic mass is 32.1. The molecule has 1 N–H and O–H groups in total. The third-order valence-corrected chi connectivity index (χ3v) is 5.79. The molecule has 20 heavy (non-hydrogen) atoms. The summed E-state index contributed by atoms with van der Waals surface area (Å²) in [6.45, 7) is 9.28. The average molecular weight is 294 g/mol. The molecule has 1 aliphatic rings. The van der Waals surface area contributed by atoms with Crippen LogP contribution in [0.1, 0.15) is 68.7 Å². The molecule has 0 radical (unpaired) electrons. The van der Waals surface area contributed by atoms with Crippen LogP contribution in [0.4, 0.5) is 0 Å². The van der Waals surface area contributed by atoms with Gasteiger partial charge in [0.2, 0.25) is 0 Å². The Kier molecular flexibility index (Phi) is 6.57. The maximum Gasteiger partial charge on any atom is 0.00491 e. The number of thiophene rings is 1. The molecule has 1 saturated carbocycles. The minimum Gasteiger partial charge on any atom is -0.316 e. The molecule has 1 fully saturated rings. The molecular weight excluding hydrogens is 262 g/mol. The lowest BCUT2D eigenvalue weighted by Crippen LogP contribution is -2.32. The Morgan fingerprint density at radius 2 is 2.10 bits per heavy atom. The highest BCUT2D eigenvalue weighted by Gasteiger charge is 2.31. The molecule has 1 aromatic heterocycles. The summed E-state index contributed by atoms with van der Waals surface area (Å²) in [7, 11) is 0. The van der Waals surface area contributed by atoms with Gasteiger partial charge in [-0.1, -0.05) is 33.1 Å². The SMILES string of the molecule is CCCNCC1CCC(CCC)CC1c1ccsc1C. The molecule has 0 bridgehead atoms. The largest absolute Gasteiger partial charge is 0.316 e. The minimum atomic E-state index is 0.802. The van der Waals surface area contributed by atoms with Crippen molar-refractivity contribution in [1.82, 2.24) is 5.32 Å². The van der Waals surface area contributed by atoms with Crippen LogP contribution in [0.3, 0.4) is 0 Å². The summed E-state index contributed by atoms with van der Waals surface area (Å²) in [4.78, 5) is 1.55. The van der Waals surface area contributed by atoms with Crippen LogP contribution in [0.15, 0.2) is 11.4 Å². The maximum absolute atomic E-state index is 3.67. The predicted octanol–water partition coefficient (Wildman–Crippen LogP) is 5.36. The van der Waals surface area contributed by atoms with Crippen LogP contribution in [0.25, 0.3) is 0 Å². The van der Waals surface area contributed by atoms with E-state index < -0.39 is 0 Å². The minimum absolute atomic E-state index is 0.802. The molecule has 3 atom stereocenters. The van der Waals surface area contributed by atoms with Gasteiger partial charge in [-0.2, -0.15) is 0 Å². The van der Waals surface area contributed by atoms with Crippen molar-refractivity contribution in [2.75, 3.05) is 13.1 Å². The second-order valence-corrected chi connectivity index (χ2v) is 7.59. The van der Waals surface area contributed by atoms with Gasteiger partial charge < -0.3 is 5.32 Å². The number of rotatable bonds is 7. The van der Waals surface area contributed by atoms with E-state index in [1.807, 2.05) is 11.3 Å². The highest BCUT2D eigenvalue weighted by molar-refractivity contribution is 7.10. The molecule has 3 unspecified atom stereocenters. The van der Waals surface area contributed by atoms with Gasteiger partial charge in [-0.3, -0.25) is 0 Å². The van der Waals surface area contributed by atoms with Gasteiger partial charge in [0.05, 0.1) is 0 Å². The first kappa shape index (κ1) is 16.0. The Hall–Kier alpha value is -0.340. The first-order valence-corrected chi connectivity index (χ1v) is 9.38. The summed E-state index contributed by atoms with van der Waals surface area (Å²) < 4.78 is 0. The van der Waals surface area contributed by atoms with Crippen LogP contribution in [0, 0.1) is 18.8 Å². The van der Waals surface area contributed by atoms with Crippen LogP contribution in [0.2, 0.25) is 0 Å². The Bertz CT molecular complexity index is 385. The standard InChI is InChI=1S/C18H31NS/c1-4-6-15-7-8-16(13-19-10-5-2)18(12-15)17-9-11-20-14(17)3/h9,11,15-16,18-19H,4-8,10,12-13H2,1-3H3. The quantitative estimate of drug-likeness (QED) is 0.668. The number of hydrogen-bond acceptors (Lipinski definition) is 2. The van der Waals surface area contributed by atoms with E-state index in [2.05, 4.69) is 37.5 Å². The topological polar surface area (TPSA) is 12.0 Å². The van der Waals surface area contributed by atoms with Crippen molar-refractivity contribution in [2.45, 2.75) is 65.2 Å². The molecular formula is C18H31NS. The first-order valence-electron chi connectivity index (χ1n) is 8.50. The van der Waals surface area contributed by atoms with E-state index in [1.165, 1.54) is 51.6 Å². The second kappa shape index (κ2) is 8.19. The lowest BCUT2D eigenvalue weighted by Gasteiger charge is -2.37. The van der Waals surface area contributed by atoms with Crippen molar-refractivity contribution in [1.29, 1.82) is 0 Å². The van der Waals surface area contributed by atoms with Crippen LogP contribution >= 0.6 is 11.3 Å². The molecule has 1 aromatic rings. The molecule has 1 nitrogen and oxygen atoms in total. The van der Waals surface area contributed by atoms with E-state index in [0.29, 0.717) is 0 Å². The van der Waals surface area contributed by atoms with Crippen LogP contribution in [-0.2, 0) is 0 Å². The van der Waals surface area contributed by atoms with Crippen molar-refractivity contribution in [3.8, 4) is 0 Å². The zero-order valence-corrected chi connectivity index (χ0v) is 14.3. The van der Waals surface area contributed by atoms with Crippen molar-refractivity contribution in [3.05, 3.63) is 21.9 Å². The molecule has 1 aliphatic carbocycles. The van der Waals surface area contributed by atoms with Crippen molar-refractivity contribution >= 4 is 11.3 Å². The van der Waals surface area contributed by atoms with Crippen molar-refractivity contribution in [3.63, 3.8) is 0 Å². The lowest BCUT2D eigenvalue weighted by molar-refractivity contribution is 0.220. The number of hydrogen-bond donors (Lipinski definition) is 1. The molecule has 0 aromatic carbocycles. The van der Waals surface area contributed by atoms with Crippen LogP contribution in [-0.4, -0.2) is 13.1 Å². The van der Waals surface area contributed by atoms with Crippen molar-refractivity contribution < 1.29 is 0 Å². The third-order valence-electron chi connectivity index (χ3n) is 4.93. The highest BCUT2D eigenvalue weighted by Crippen LogP contribution is 2.43. The van der Waals surface area contributed by atoms with E-state index in [9.17, 15) is 0 Å². The Balaban J connectivity index is 2.04. The average Bonchev–Trinajstić information content (AvgIpc) is 2.87. The second-order valence-electron chi connectivity index (χ2n) is 6.47. The van der Waals surface area contributed by atoms with Gasteiger partial charge in [-0.25, -0.2) is 0 Å². The van der Waals surface area contributed by atoms with Gasteiger partial charge in [0, 0.05) is 4.88 Å². The monoisotopic (exact) mass is 293 g/mol. The molecule has 2 heteroatoms. The Labute approximate surface area is 129 Å². The summed E-state index contributed by atoms with van der Waals surface area (Å²) in [6, 6.07) is 2.39. The van der Waals surface area contributed by atoms with Gasteiger partial charge in [0.15, 0.2) is 0 Å². The van der Waals surface area contributed by atoms with Crippen LogP contribution in [0.5, 0.6) is 0 Å². The zero-order valence-electron chi connectivity index (χ0n) is 13.5. The van der Waals surface area contributed by atoms with Crippen LogP contribution < -0.4 is 5.32 Å². The summed E-state index contributed by atoms with van der Waals surface area (Å²) in [6.07, 6.45) is 8.30. The van der Waals surface area contributed by atoms with Gasteiger partial charge in [0.1, 0.15) is 0 Å². The summed E-state index contributed by atoms with van der Waals surface area (Å²) in [5, 5.41) is 5.95. The smallest absolute Gasteiger partial charge is 0.00491 e. The van der Waals surface area contributed by atoms with Gasteiger partial charge in [0.25, 0.3) is 0 Å². The fourth-order valence-corrected chi connectivity index (χ4v) is 4.63. The van der Waals surface area contributed by atoms with E-state index in [1.54, 1.807) is 10.4 Å². The van der Waals surface area contributed by atoms with Crippen molar-refractivity contribution in [2.24, 2.45) is 11.8 Å². The molecule has 0 aliphatic heterocycles. The number of aryl methyl sites for hydroxylation is 1. The number of nitrogens with one attached hydrogen (secondary N) is 1. The summed E-state index contributed by atoms with van der Waals surface area (Å²) >= 11 is 1.92. The molecule has 0 saturated heterocycles. The first-order chi connectivity index (χ1) is 9.76. The van der Waals surface area contributed by atoms with E-state index in [4.69, 9.17) is 0 Å². The normalized spacial score (nSPS) is 26.9. The van der Waals surface area contributed by atoms with E-state index in [-0.39, 0.29) is 0 Å². The summed E-state index contributed by atoms with van der Waals surface area (Å²) in [5.41, 5.74) is 1.65. The van der Waals surface area contributed by atoms with Gasteiger partial charge in [-0.05, 0) is 74.0 Å². The molecule has 114 valence electrons. The van der Waals surface area contributed by atoms with E-state index in [0.717, 1.165) is 17.8 Å². The fraction of sp³-hybridized carbons (Fsp3) is 0.778. The Morgan fingerprint density at radius 1 is 1.25 bits per heavy atom. The van der Waals surface area contributed by atoms with E-state index >= 15 is 0 Å². The zero-order chi connectivity index (χ0) is 14.4. The fourth-order valence-electron chi connectivity index (χ4n) is 3.86. The molecule has 2 rings (SSSR count). The molecule has 1 heterocycles. The lowest BCUT2D eigenvalue weighted by atomic mass is 9.70. The third kappa shape index (κ3) is 4.08. The maximum atomic E-state index is 3.67. The van der Waals surface area contributed by atoms with Gasteiger partial charge >= 0.3 is 0 Å². The predicted molar refractivity (Wildman–Crippen MR) is 90.7 cm³/mol. The summed E-state index contributed by atoms with van der Waals surface area (Å²) in [5.74, 6) is 2.62. The van der Waals surface area contributed by atoms with Gasteiger partial charge in [-0.15, -0.1) is 11.3 Å². The Morgan fingerprint density at radius 3 is 2.75 bits per heavy atom.